The van der Waals surface area contributed by atoms with Gasteiger partial charge >= 0.3 is 0 Å². The molecule has 3 rings (SSSR count). The zero-order valence-electron chi connectivity index (χ0n) is 10.1. The molecule has 0 radical (unpaired) electrons. The molecule has 0 aliphatic carbocycles. The second kappa shape index (κ2) is 5.02. The van der Waals surface area contributed by atoms with Gasteiger partial charge in [0, 0.05) is 23.7 Å². The summed E-state index contributed by atoms with van der Waals surface area (Å²) in [6.45, 7) is 1.25. The number of benzene rings is 1. The first-order valence-corrected chi connectivity index (χ1v) is 6.90. The molecule has 0 atom stereocenters. The molecule has 1 fully saturated rings. The van der Waals surface area contributed by atoms with Crippen molar-refractivity contribution in [1.29, 1.82) is 0 Å². The van der Waals surface area contributed by atoms with Crippen LogP contribution < -0.4 is 5.56 Å². The summed E-state index contributed by atoms with van der Waals surface area (Å²) >= 11 is 3.20. The lowest BCUT2D eigenvalue weighted by atomic mass is 10.1. The summed E-state index contributed by atoms with van der Waals surface area (Å²) in [6, 6.07) is 2.98. The molecule has 1 aromatic heterocycles. The van der Waals surface area contributed by atoms with E-state index in [-0.39, 0.29) is 17.0 Å². The van der Waals surface area contributed by atoms with Crippen LogP contribution in [0.5, 0.6) is 0 Å². The Labute approximate surface area is 117 Å². The third-order valence-electron chi connectivity index (χ3n) is 3.39. The van der Waals surface area contributed by atoms with Gasteiger partial charge in [0.25, 0.3) is 5.56 Å². The maximum absolute atomic E-state index is 13.9. The fourth-order valence-corrected chi connectivity index (χ4v) is 2.82. The van der Waals surface area contributed by atoms with Crippen molar-refractivity contribution >= 4 is 26.8 Å². The largest absolute Gasteiger partial charge is 0.381 e. The molecule has 0 saturated carbocycles. The highest BCUT2D eigenvalue weighted by molar-refractivity contribution is 9.10. The molecular formula is C13H12BrFN2O2. The standard InChI is InChI=1S/C13H12BrFN2O2/c14-8-5-10(15)12-11(6-8)16-7-17(13(12)18)9-1-3-19-4-2-9/h5-7,9H,1-4H2. The summed E-state index contributed by atoms with van der Waals surface area (Å²) in [5.41, 5.74) is 0.0575. The van der Waals surface area contributed by atoms with E-state index >= 15 is 0 Å². The van der Waals surface area contributed by atoms with Gasteiger partial charge in [-0.3, -0.25) is 9.36 Å². The van der Waals surface area contributed by atoms with Crippen LogP contribution in [0.4, 0.5) is 4.39 Å². The van der Waals surface area contributed by atoms with Crippen molar-refractivity contribution in [2.24, 2.45) is 0 Å². The summed E-state index contributed by atoms with van der Waals surface area (Å²) in [5.74, 6) is -0.539. The van der Waals surface area contributed by atoms with Crippen LogP contribution in [-0.2, 0) is 4.74 Å². The van der Waals surface area contributed by atoms with Crippen LogP contribution in [0.1, 0.15) is 18.9 Å². The molecule has 0 N–H and O–H groups in total. The molecule has 1 aliphatic rings. The Morgan fingerprint density at radius 1 is 1.37 bits per heavy atom. The lowest BCUT2D eigenvalue weighted by Gasteiger charge is -2.24. The molecular weight excluding hydrogens is 315 g/mol. The summed E-state index contributed by atoms with van der Waals surface area (Å²) in [4.78, 5) is 16.6. The van der Waals surface area contributed by atoms with E-state index in [4.69, 9.17) is 4.74 Å². The number of hydrogen-bond donors (Lipinski definition) is 0. The van der Waals surface area contributed by atoms with Gasteiger partial charge in [-0.05, 0) is 25.0 Å². The maximum Gasteiger partial charge on any atom is 0.264 e. The highest BCUT2D eigenvalue weighted by atomic mass is 79.9. The third kappa shape index (κ3) is 2.30. The normalized spacial score (nSPS) is 16.9. The van der Waals surface area contributed by atoms with E-state index in [1.54, 1.807) is 6.07 Å². The van der Waals surface area contributed by atoms with E-state index in [0.717, 1.165) is 12.8 Å². The second-order valence-electron chi connectivity index (χ2n) is 4.58. The Bertz CT molecular complexity index is 680. The predicted molar refractivity (Wildman–Crippen MR) is 72.8 cm³/mol. The molecule has 1 aliphatic heterocycles. The predicted octanol–water partition coefficient (Wildman–Crippen LogP) is 2.65. The zero-order chi connectivity index (χ0) is 13.4. The van der Waals surface area contributed by atoms with Crippen molar-refractivity contribution in [3.8, 4) is 0 Å². The first kappa shape index (κ1) is 12.7. The van der Waals surface area contributed by atoms with Gasteiger partial charge in [0.05, 0.1) is 11.8 Å². The van der Waals surface area contributed by atoms with E-state index in [2.05, 4.69) is 20.9 Å². The van der Waals surface area contributed by atoms with E-state index < -0.39 is 5.82 Å². The van der Waals surface area contributed by atoms with Crippen LogP contribution in [0.2, 0.25) is 0 Å². The smallest absolute Gasteiger partial charge is 0.264 e. The Balaban J connectivity index is 2.17. The van der Waals surface area contributed by atoms with Crippen LogP contribution in [-0.4, -0.2) is 22.8 Å². The Morgan fingerprint density at radius 2 is 2.11 bits per heavy atom. The molecule has 0 bridgehead atoms. The molecule has 0 spiro atoms. The SMILES string of the molecule is O=c1c2c(F)cc(Br)cc2ncn1C1CCOCC1. The highest BCUT2D eigenvalue weighted by Crippen LogP contribution is 2.22. The monoisotopic (exact) mass is 326 g/mol. The van der Waals surface area contributed by atoms with Gasteiger partial charge in [0.1, 0.15) is 11.2 Å². The second-order valence-corrected chi connectivity index (χ2v) is 5.50. The molecule has 0 unspecified atom stereocenters. The van der Waals surface area contributed by atoms with Crippen LogP contribution in [0.3, 0.4) is 0 Å². The summed E-state index contributed by atoms with van der Waals surface area (Å²) in [5, 5.41) is 0.0530. The van der Waals surface area contributed by atoms with E-state index in [0.29, 0.717) is 23.2 Å². The summed E-state index contributed by atoms with van der Waals surface area (Å²) < 4.78 is 21.3. The van der Waals surface area contributed by atoms with Crippen LogP contribution in [0.25, 0.3) is 10.9 Å². The average Bonchev–Trinajstić information content (AvgIpc) is 2.39. The van der Waals surface area contributed by atoms with E-state index in [1.165, 1.54) is 17.0 Å². The molecule has 1 aromatic carbocycles. The fourth-order valence-electron chi connectivity index (χ4n) is 2.40. The number of fused-ring (bicyclic) bond motifs is 1. The molecule has 100 valence electrons. The number of nitrogens with zero attached hydrogens (tertiary/aromatic N) is 2. The summed E-state index contributed by atoms with van der Waals surface area (Å²) in [7, 11) is 0. The molecule has 4 nitrogen and oxygen atoms in total. The van der Waals surface area contributed by atoms with Crippen LogP contribution in [0, 0.1) is 5.82 Å². The molecule has 19 heavy (non-hydrogen) atoms. The average molecular weight is 327 g/mol. The molecule has 6 heteroatoms. The minimum absolute atomic E-state index is 0.0428. The number of ether oxygens (including phenoxy) is 1. The van der Waals surface area contributed by atoms with E-state index in [9.17, 15) is 9.18 Å². The van der Waals surface area contributed by atoms with Crippen molar-refractivity contribution in [2.75, 3.05) is 13.2 Å². The number of rotatable bonds is 1. The van der Waals surface area contributed by atoms with Gasteiger partial charge in [-0.2, -0.15) is 0 Å². The maximum atomic E-state index is 13.9. The topological polar surface area (TPSA) is 44.1 Å². The van der Waals surface area contributed by atoms with Crippen LogP contribution >= 0.6 is 15.9 Å². The lowest BCUT2D eigenvalue weighted by molar-refractivity contribution is 0.0685. The fraction of sp³-hybridized carbons (Fsp3) is 0.385. The van der Waals surface area contributed by atoms with Gasteiger partial charge in [0.15, 0.2) is 0 Å². The van der Waals surface area contributed by atoms with Crippen LogP contribution in [0.15, 0.2) is 27.7 Å². The van der Waals surface area contributed by atoms with Crippen molar-refractivity contribution in [3.63, 3.8) is 0 Å². The Morgan fingerprint density at radius 3 is 2.84 bits per heavy atom. The first-order chi connectivity index (χ1) is 9.16. The number of hydrogen-bond acceptors (Lipinski definition) is 3. The van der Waals surface area contributed by atoms with Crippen molar-refractivity contribution < 1.29 is 9.13 Å². The molecule has 2 aromatic rings. The molecule has 2 heterocycles. The van der Waals surface area contributed by atoms with Gasteiger partial charge in [-0.25, -0.2) is 9.37 Å². The quantitative estimate of drug-likeness (QED) is 0.809. The molecule has 1 saturated heterocycles. The zero-order valence-corrected chi connectivity index (χ0v) is 11.7. The minimum atomic E-state index is -0.539. The lowest BCUT2D eigenvalue weighted by Crippen LogP contribution is -2.29. The minimum Gasteiger partial charge on any atom is -0.381 e. The van der Waals surface area contributed by atoms with E-state index in [1.807, 2.05) is 0 Å². The van der Waals surface area contributed by atoms with Gasteiger partial charge in [-0.15, -0.1) is 0 Å². The summed E-state index contributed by atoms with van der Waals surface area (Å²) in [6.07, 6.45) is 3.02. The van der Waals surface area contributed by atoms with Gasteiger partial charge in [-0.1, -0.05) is 15.9 Å². The highest BCUT2D eigenvalue weighted by Gasteiger charge is 2.19. The van der Waals surface area contributed by atoms with Crippen molar-refractivity contribution in [1.82, 2.24) is 9.55 Å². The Kier molecular flexibility index (Phi) is 3.36. The molecule has 0 amide bonds. The number of aromatic nitrogens is 2. The van der Waals surface area contributed by atoms with Gasteiger partial charge < -0.3 is 4.74 Å². The van der Waals surface area contributed by atoms with Crippen molar-refractivity contribution in [3.05, 3.63) is 39.1 Å². The Hall–Kier alpha value is -1.27. The van der Waals surface area contributed by atoms with Crippen molar-refractivity contribution in [2.45, 2.75) is 18.9 Å². The number of halogens is 2. The van der Waals surface area contributed by atoms with Gasteiger partial charge in [0.2, 0.25) is 0 Å². The first-order valence-electron chi connectivity index (χ1n) is 6.10. The third-order valence-corrected chi connectivity index (χ3v) is 3.85.